The average Bonchev–Trinajstić information content (AvgIpc) is 2.42. The number of nitrogens with two attached hydrogens (primary N) is 1. The molecule has 19 heavy (non-hydrogen) atoms. The van der Waals surface area contributed by atoms with Crippen LogP contribution in [0.25, 0.3) is 0 Å². The molecule has 0 saturated heterocycles. The summed E-state index contributed by atoms with van der Waals surface area (Å²) < 4.78 is 16.0. The van der Waals surface area contributed by atoms with Crippen LogP contribution >= 0.6 is 0 Å². The van der Waals surface area contributed by atoms with Gasteiger partial charge in [0.15, 0.2) is 11.5 Å². The maximum absolute atomic E-state index is 11.3. The van der Waals surface area contributed by atoms with E-state index in [2.05, 4.69) is 0 Å². The number of hydrogen-bond donors (Lipinski definition) is 1. The molecule has 1 rings (SSSR count). The maximum Gasteiger partial charge on any atom is 0.236 e. The molecule has 0 aliphatic rings. The Kier molecular flexibility index (Phi) is 5.95. The van der Waals surface area contributed by atoms with Gasteiger partial charge >= 0.3 is 0 Å². The van der Waals surface area contributed by atoms with Crippen molar-refractivity contribution in [1.82, 2.24) is 5.01 Å². The van der Waals surface area contributed by atoms with Crippen LogP contribution in [0.3, 0.4) is 0 Å². The number of benzene rings is 1. The normalized spacial score (nSPS) is 9.89. The lowest BCUT2D eigenvalue weighted by Crippen LogP contribution is -2.33. The highest BCUT2D eigenvalue weighted by Crippen LogP contribution is 2.36. The van der Waals surface area contributed by atoms with Crippen LogP contribution in [-0.2, 0) is 4.79 Å². The smallest absolute Gasteiger partial charge is 0.236 e. The number of para-hydroxylation sites is 1. The number of carbonyl (C=O) groups excluding carboxylic acids is 1. The second-order valence-corrected chi connectivity index (χ2v) is 3.95. The van der Waals surface area contributed by atoms with Crippen LogP contribution in [0.5, 0.6) is 17.2 Å². The number of nitrogens with zero attached hydrogens (tertiary/aromatic N) is 1. The minimum absolute atomic E-state index is 0.124. The Morgan fingerprint density at radius 3 is 2.53 bits per heavy atom. The Balaban J connectivity index is 2.51. The lowest BCUT2D eigenvalue weighted by atomic mass is 10.3. The van der Waals surface area contributed by atoms with Crippen molar-refractivity contribution in [3.63, 3.8) is 0 Å². The van der Waals surface area contributed by atoms with E-state index in [-0.39, 0.29) is 5.91 Å². The predicted octanol–water partition coefficient (Wildman–Crippen LogP) is 1.19. The maximum atomic E-state index is 11.3. The summed E-state index contributed by atoms with van der Waals surface area (Å²) in [5, 5.41) is 1.08. The minimum Gasteiger partial charge on any atom is -0.493 e. The molecule has 106 valence electrons. The van der Waals surface area contributed by atoms with E-state index in [1.165, 1.54) is 7.05 Å². The molecule has 6 nitrogen and oxygen atoms in total. The highest BCUT2D eigenvalue weighted by Gasteiger charge is 2.11. The van der Waals surface area contributed by atoms with Crippen molar-refractivity contribution in [3.8, 4) is 17.2 Å². The van der Waals surface area contributed by atoms with E-state index in [1.807, 2.05) is 6.07 Å². The van der Waals surface area contributed by atoms with E-state index in [0.29, 0.717) is 36.7 Å². The first-order valence-corrected chi connectivity index (χ1v) is 5.95. The number of methoxy groups -OCH3 is 2. The number of rotatable bonds is 7. The van der Waals surface area contributed by atoms with E-state index in [9.17, 15) is 4.79 Å². The fourth-order valence-electron chi connectivity index (χ4n) is 1.55. The molecule has 0 heterocycles. The summed E-state index contributed by atoms with van der Waals surface area (Å²) in [7, 11) is 4.64. The topological polar surface area (TPSA) is 74.0 Å². The number of ether oxygens (including phenoxy) is 3. The monoisotopic (exact) mass is 268 g/mol. The number of amides is 1. The van der Waals surface area contributed by atoms with Gasteiger partial charge in [-0.2, -0.15) is 0 Å². The standard InChI is InChI=1S/C13H20N2O4/c1-15(14)12(16)8-5-9-19-11-7-4-6-10(17-2)13(11)18-3/h4,6-7H,5,8-9,14H2,1-3H3. The van der Waals surface area contributed by atoms with Crippen LogP contribution in [0.2, 0.25) is 0 Å². The fourth-order valence-corrected chi connectivity index (χ4v) is 1.55. The van der Waals surface area contributed by atoms with Crippen molar-refractivity contribution in [1.29, 1.82) is 0 Å². The third-order valence-electron chi connectivity index (χ3n) is 2.55. The van der Waals surface area contributed by atoms with Crippen LogP contribution in [0, 0.1) is 0 Å². The van der Waals surface area contributed by atoms with Gasteiger partial charge in [-0.3, -0.25) is 9.80 Å². The van der Waals surface area contributed by atoms with Crippen LogP contribution in [0.15, 0.2) is 18.2 Å². The molecule has 0 atom stereocenters. The van der Waals surface area contributed by atoms with Gasteiger partial charge in [0.25, 0.3) is 0 Å². The SMILES string of the molecule is COc1cccc(OCCCC(=O)N(C)N)c1OC. The van der Waals surface area contributed by atoms with Crippen molar-refractivity contribution < 1.29 is 19.0 Å². The summed E-state index contributed by atoms with van der Waals surface area (Å²) in [6.45, 7) is 0.406. The van der Waals surface area contributed by atoms with Crippen LogP contribution < -0.4 is 20.1 Å². The van der Waals surface area contributed by atoms with Crippen LogP contribution in [0.1, 0.15) is 12.8 Å². The Bertz CT molecular complexity index is 421. The molecule has 0 radical (unpaired) electrons. The third-order valence-corrected chi connectivity index (χ3v) is 2.55. The lowest BCUT2D eigenvalue weighted by molar-refractivity contribution is -0.130. The van der Waals surface area contributed by atoms with Gasteiger partial charge in [0, 0.05) is 13.5 Å². The highest BCUT2D eigenvalue weighted by atomic mass is 16.5. The zero-order chi connectivity index (χ0) is 14.3. The van der Waals surface area contributed by atoms with Gasteiger partial charge in [-0.1, -0.05) is 6.07 Å². The Morgan fingerprint density at radius 2 is 1.95 bits per heavy atom. The molecule has 1 aromatic carbocycles. The second kappa shape index (κ2) is 7.48. The molecule has 1 aromatic rings. The number of hydrogen-bond acceptors (Lipinski definition) is 5. The molecule has 0 unspecified atom stereocenters. The molecule has 0 bridgehead atoms. The van der Waals surface area contributed by atoms with Crippen molar-refractivity contribution in [2.75, 3.05) is 27.9 Å². The van der Waals surface area contributed by atoms with Crippen molar-refractivity contribution in [2.45, 2.75) is 12.8 Å². The van der Waals surface area contributed by atoms with Gasteiger partial charge in [-0.05, 0) is 18.6 Å². The predicted molar refractivity (Wildman–Crippen MR) is 71.2 cm³/mol. The Labute approximate surface area is 113 Å². The van der Waals surface area contributed by atoms with Gasteiger partial charge in [0.2, 0.25) is 11.7 Å². The molecule has 0 aliphatic carbocycles. The molecule has 0 spiro atoms. The van der Waals surface area contributed by atoms with E-state index >= 15 is 0 Å². The molecular formula is C13H20N2O4. The summed E-state index contributed by atoms with van der Waals surface area (Å²) in [5.41, 5.74) is 0. The Hall–Kier alpha value is -1.95. The van der Waals surface area contributed by atoms with Gasteiger partial charge in [-0.15, -0.1) is 0 Å². The largest absolute Gasteiger partial charge is 0.493 e. The van der Waals surface area contributed by atoms with Crippen molar-refractivity contribution >= 4 is 5.91 Å². The molecule has 0 saturated carbocycles. The first-order valence-electron chi connectivity index (χ1n) is 5.95. The summed E-state index contributed by atoms with van der Waals surface area (Å²) in [4.78, 5) is 11.3. The zero-order valence-corrected chi connectivity index (χ0v) is 11.5. The third kappa shape index (κ3) is 4.33. The first kappa shape index (κ1) is 15.1. The van der Waals surface area contributed by atoms with E-state index in [0.717, 1.165) is 5.01 Å². The highest BCUT2D eigenvalue weighted by molar-refractivity contribution is 5.75. The van der Waals surface area contributed by atoms with Gasteiger partial charge in [0.1, 0.15) is 0 Å². The van der Waals surface area contributed by atoms with Gasteiger partial charge in [0.05, 0.1) is 20.8 Å². The molecule has 0 aliphatic heterocycles. The summed E-state index contributed by atoms with van der Waals surface area (Å²) in [5.74, 6) is 6.95. The fraction of sp³-hybridized carbons (Fsp3) is 0.462. The number of hydrazine groups is 1. The molecular weight excluding hydrogens is 248 g/mol. The van der Waals surface area contributed by atoms with Gasteiger partial charge in [-0.25, -0.2) is 5.84 Å². The Morgan fingerprint density at radius 1 is 1.26 bits per heavy atom. The van der Waals surface area contributed by atoms with Gasteiger partial charge < -0.3 is 14.2 Å². The molecule has 1 amide bonds. The molecule has 6 heteroatoms. The van der Waals surface area contributed by atoms with Crippen molar-refractivity contribution in [2.24, 2.45) is 5.84 Å². The summed E-state index contributed by atoms with van der Waals surface area (Å²) in [6, 6.07) is 5.40. The molecule has 2 N–H and O–H groups in total. The minimum atomic E-state index is -0.124. The molecule has 0 fully saturated rings. The lowest BCUT2D eigenvalue weighted by Gasteiger charge is -2.14. The van der Waals surface area contributed by atoms with Crippen LogP contribution in [-0.4, -0.2) is 38.8 Å². The van der Waals surface area contributed by atoms with Crippen LogP contribution in [0.4, 0.5) is 0 Å². The summed E-state index contributed by atoms with van der Waals surface area (Å²) >= 11 is 0. The first-order chi connectivity index (χ1) is 9.10. The van der Waals surface area contributed by atoms with E-state index in [4.69, 9.17) is 20.1 Å². The van der Waals surface area contributed by atoms with Crippen molar-refractivity contribution in [3.05, 3.63) is 18.2 Å². The van der Waals surface area contributed by atoms with E-state index in [1.54, 1.807) is 26.4 Å². The summed E-state index contributed by atoms with van der Waals surface area (Å²) in [6.07, 6.45) is 0.931. The van der Waals surface area contributed by atoms with E-state index < -0.39 is 0 Å². The second-order valence-electron chi connectivity index (χ2n) is 3.95. The molecule has 0 aromatic heterocycles. The average molecular weight is 268 g/mol. The number of carbonyl (C=O) groups is 1. The quantitative estimate of drug-likeness (QED) is 0.348. The zero-order valence-electron chi connectivity index (χ0n) is 11.5.